The van der Waals surface area contributed by atoms with Crippen molar-refractivity contribution in [3.05, 3.63) is 53.6 Å². The van der Waals surface area contributed by atoms with Gasteiger partial charge < -0.3 is 19.5 Å². The molecule has 0 heterocycles. The molecule has 0 aliphatic heterocycles. The maximum Gasteiger partial charge on any atom is 0.225 e. The van der Waals surface area contributed by atoms with E-state index in [1.165, 1.54) is 0 Å². The third-order valence-corrected chi connectivity index (χ3v) is 3.95. The highest BCUT2D eigenvalue weighted by molar-refractivity contribution is 5.80. The second-order valence-corrected chi connectivity index (χ2v) is 6.38. The zero-order valence-electron chi connectivity index (χ0n) is 16.0. The van der Waals surface area contributed by atoms with Crippen molar-refractivity contribution in [1.29, 1.82) is 0 Å². The Morgan fingerprint density at radius 3 is 2.42 bits per heavy atom. The van der Waals surface area contributed by atoms with Crippen LogP contribution in [0.25, 0.3) is 0 Å². The predicted molar refractivity (Wildman–Crippen MR) is 102 cm³/mol. The van der Waals surface area contributed by atoms with Gasteiger partial charge in [-0.2, -0.15) is 0 Å². The summed E-state index contributed by atoms with van der Waals surface area (Å²) in [6, 6.07) is 13.1. The van der Waals surface area contributed by atoms with Crippen LogP contribution in [-0.2, 0) is 11.2 Å². The van der Waals surface area contributed by atoms with Crippen LogP contribution in [0.1, 0.15) is 37.9 Å². The Kier molecular flexibility index (Phi) is 6.89. The van der Waals surface area contributed by atoms with Gasteiger partial charge in [-0.1, -0.05) is 12.1 Å². The Labute approximate surface area is 155 Å². The van der Waals surface area contributed by atoms with Crippen LogP contribution in [0.5, 0.6) is 17.2 Å². The Morgan fingerprint density at radius 1 is 1.00 bits per heavy atom. The lowest BCUT2D eigenvalue weighted by Gasteiger charge is -2.17. The van der Waals surface area contributed by atoms with Gasteiger partial charge in [-0.15, -0.1) is 0 Å². The second kappa shape index (κ2) is 9.13. The van der Waals surface area contributed by atoms with E-state index in [0.717, 1.165) is 16.9 Å². The Morgan fingerprint density at radius 2 is 1.77 bits per heavy atom. The molecule has 2 aromatic carbocycles. The Bertz CT molecular complexity index is 743. The molecule has 0 saturated carbocycles. The van der Waals surface area contributed by atoms with Gasteiger partial charge in [0.2, 0.25) is 5.91 Å². The average molecular weight is 357 g/mol. The third kappa shape index (κ3) is 5.41. The molecule has 1 unspecified atom stereocenters. The first-order chi connectivity index (χ1) is 12.4. The van der Waals surface area contributed by atoms with Crippen LogP contribution in [0.3, 0.4) is 0 Å². The lowest BCUT2D eigenvalue weighted by Crippen LogP contribution is -2.28. The SMILES string of the molecule is COc1ccc(OC)c(CC(=O)NC(C)c2cccc(OC(C)C)c2)c1. The molecule has 0 fully saturated rings. The molecule has 1 N–H and O–H groups in total. The summed E-state index contributed by atoms with van der Waals surface area (Å²) in [4.78, 5) is 12.5. The standard InChI is InChI=1S/C21H27NO4/c1-14(2)26-19-8-6-7-16(11-19)15(3)22-21(23)13-17-12-18(24-4)9-10-20(17)25-5/h6-12,14-15H,13H2,1-5H3,(H,22,23). The van der Waals surface area contributed by atoms with Crippen LogP contribution < -0.4 is 19.5 Å². The number of benzene rings is 2. The Balaban J connectivity index is 2.06. The van der Waals surface area contributed by atoms with E-state index in [1.807, 2.05) is 57.2 Å². The van der Waals surface area contributed by atoms with E-state index >= 15 is 0 Å². The molecule has 0 radical (unpaired) electrons. The maximum absolute atomic E-state index is 12.5. The van der Waals surface area contributed by atoms with Gasteiger partial charge >= 0.3 is 0 Å². The molecule has 2 aromatic rings. The zero-order valence-corrected chi connectivity index (χ0v) is 16.0. The smallest absolute Gasteiger partial charge is 0.225 e. The number of carbonyl (C=O) groups excluding carboxylic acids is 1. The highest BCUT2D eigenvalue weighted by Crippen LogP contribution is 2.25. The van der Waals surface area contributed by atoms with E-state index in [-0.39, 0.29) is 24.5 Å². The van der Waals surface area contributed by atoms with Crippen molar-refractivity contribution in [3.63, 3.8) is 0 Å². The van der Waals surface area contributed by atoms with Crippen LogP contribution in [-0.4, -0.2) is 26.2 Å². The van der Waals surface area contributed by atoms with Crippen molar-refractivity contribution in [3.8, 4) is 17.2 Å². The summed E-state index contributed by atoms with van der Waals surface area (Å²) in [5.41, 5.74) is 1.78. The fraction of sp³-hybridized carbons (Fsp3) is 0.381. The average Bonchev–Trinajstić information content (AvgIpc) is 2.61. The number of hydrogen-bond donors (Lipinski definition) is 1. The van der Waals surface area contributed by atoms with Crippen molar-refractivity contribution in [2.45, 2.75) is 39.3 Å². The molecule has 0 bridgehead atoms. The van der Waals surface area contributed by atoms with Gasteiger partial charge in [-0.05, 0) is 56.7 Å². The van der Waals surface area contributed by atoms with E-state index in [4.69, 9.17) is 14.2 Å². The molecule has 1 atom stereocenters. The largest absolute Gasteiger partial charge is 0.497 e. The van der Waals surface area contributed by atoms with Crippen molar-refractivity contribution >= 4 is 5.91 Å². The quantitative estimate of drug-likeness (QED) is 0.778. The van der Waals surface area contributed by atoms with Crippen molar-refractivity contribution in [1.82, 2.24) is 5.32 Å². The van der Waals surface area contributed by atoms with Gasteiger partial charge in [0.05, 0.1) is 32.8 Å². The van der Waals surface area contributed by atoms with E-state index in [2.05, 4.69) is 5.32 Å². The molecule has 140 valence electrons. The van der Waals surface area contributed by atoms with E-state index in [0.29, 0.717) is 11.5 Å². The number of methoxy groups -OCH3 is 2. The number of rotatable bonds is 8. The summed E-state index contributed by atoms with van der Waals surface area (Å²) in [6.45, 7) is 5.92. The van der Waals surface area contributed by atoms with Crippen molar-refractivity contribution < 1.29 is 19.0 Å². The molecule has 5 heteroatoms. The highest BCUT2D eigenvalue weighted by Gasteiger charge is 2.14. The predicted octanol–water partition coefficient (Wildman–Crippen LogP) is 3.91. The number of hydrogen-bond acceptors (Lipinski definition) is 4. The summed E-state index contributed by atoms with van der Waals surface area (Å²) in [7, 11) is 3.19. The fourth-order valence-corrected chi connectivity index (χ4v) is 2.70. The third-order valence-electron chi connectivity index (χ3n) is 3.95. The highest BCUT2D eigenvalue weighted by atomic mass is 16.5. The van der Waals surface area contributed by atoms with Crippen LogP contribution in [0, 0.1) is 0 Å². The molecule has 0 aliphatic rings. The number of carbonyl (C=O) groups is 1. The van der Waals surface area contributed by atoms with Gasteiger partial charge in [0.25, 0.3) is 0 Å². The molecule has 5 nitrogen and oxygen atoms in total. The van der Waals surface area contributed by atoms with Crippen LogP contribution in [0.2, 0.25) is 0 Å². The first-order valence-corrected chi connectivity index (χ1v) is 8.69. The van der Waals surface area contributed by atoms with Crippen LogP contribution in [0.15, 0.2) is 42.5 Å². The Hall–Kier alpha value is -2.69. The summed E-state index contributed by atoms with van der Waals surface area (Å²) in [5, 5.41) is 3.02. The fourth-order valence-electron chi connectivity index (χ4n) is 2.70. The topological polar surface area (TPSA) is 56.8 Å². The molecule has 1 amide bonds. The number of ether oxygens (including phenoxy) is 3. The van der Waals surface area contributed by atoms with Gasteiger partial charge in [0, 0.05) is 5.56 Å². The van der Waals surface area contributed by atoms with Crippen LogP contribution >= 0.6 is 0 Å². The summed E-state index contributed by atoms with van der Waals surface area (Å²) in [6.07, 6.45) is 0.322. The second-order valence-electron chi connectivity index (χ2n) is 6.38. The molecular weight excluding hydrogens is 330 g/mol. The minimum absolute atomic E-state index is 0.0840. The lowest BCUT2D eigenvalue weighted by molar-refractivity contribution is -0.121. The molecule has 0 spiro atoms. The molecule has 0 aliphatic carbocycles. The first-order valence-electron chi connectivity index (χ1n) is 8.69. The lowest BCUT2D eigenvalue weighted by atomic mass is 10.1. The minimum atomic E-state index is -0.130. The van der Waals surface area contributed by atoms with E-state index in [9.17, 15) is 4.79 Å². The van der Waals surface area contributed by atoms with Crippen LogP contribution in [0.4, 0.5) is 0 Å². The first kappa shape index (κ1) is 19.6. The molecule has 0 saturated heterocycles. The van der Waals surface area contributed by atoms with Gasteiger partial charge in [0.1, 0.15) is 17.2 Å². The molecule has 2 rings (SSSR count). The molecular formula is C21H27NO4. The zero-order chi connectivity index (χ0) is 19.1. The van der Waals surface area contributed by atoms with Crippen molar-refractivity contribution in [2.24, 2.45) is 0 Å². The van der Waals surface area contributed by atoms with Gasteiger partial charge in [0.15, 0.2) is 0 Å². The monoisotopic (exact) mass is 357 g/mol. The van der Waals surface area contributed by atoms with Crippen molar-refractivity contribution in [2.75, 3.05) is 14.2 Å². The normalized spacial score (nSPS) is 11.8. The summed E-state index contributed by atoms with van der Waals surface area (Å²) >= 11 is 0. The number of nitrogens with one attached hydrogen (secondary N) is 1. The summed E-state index contributed by atoms with van der Waals surface area (Å²) in [5.74, 6) is 2.08. The summed E-state index contributed by atoms with van der Waals surface area (Å²) < 4.78 is 16.3. The number of amides is 1. The van der Waals surface area contributed by atoms with E-state index < -0.39 is 0 Å². The van der Waals surface area contributed by atoms with E-state index in [1.54, 1.807) is 20.3 Å². The van der Waals surface area contributed by atoms with Gasteiger partial charge in [-0.25, -0.2) is 0 Å². The molecule has 26 heavy (non-hydrogen) atoms. The molecule has 0 aromatic heterocycles. The maximum atomic E-state index is 12.5. The minimum Gasteiger partial charge on any atom is -0.497 e. The van der Waals surface area contributed by atoms with Gasteiger partial charge in [-0.3, -0.25) is 4.79 Å².